The quantitative estimate of drug-likeness (QED) is 0.837. The zero-order valence-electron chi connectivity index (χ0n) is 15.0. The van der Waals surface area contributed by atoms with E-state index in [0.29, 0.717) is 19.4 Å². The van der Waals surface area contributed by atoms with Crippen molar-refractivity contribution in [1.82, 2.24) is 0 Å². The molecule has 0 bridgehead atoms. The van der Waals surface area contributed by atoms with Crippen LogP contribution in [0, 0.1) is 19.3 Å². The predicted molar refractivity (Wildman–Crippen MR) is 101 cm³/mol. The Bertz CT molecular complexity index is 809. The molecule has 2 aromatic rings. The number of hydrogen-bond acceptors (Lipinski definition) is 2. The third kappa shape index (κ3) is 3.29. The molecular weight excluding hydrogens is 312 g/mol. The van der Waals surface area contributed by atoms with Crippen LogP contribution in [0.5, 0.6) is 0 Å². The highest BCUT2D eigenvalue weighted by Gasteiger charge is 2.58. The number of anilines is 2. The first-order valence-corrected chi connectivity index (χ1v) is 8.73. The molecule has 0 heterocycles. The smallest absolute Gasteiger partial charge is 0.242 e. The lowest BCUT2D eigenvalue weighted by molar-refractivity contribution is -0.132. The highest BCUT2D eigenvalue weighted by molar-refractivity contribution is 6.17. The highest BCUT2D eigenvalue weighted by atomic mass is 16.2. The molecule has 130 valence electrons. The molecule has 0 radical (unpaired) electrons. The topological polar surface area (TPSA) is 49.4 Å². The van der Waals surface area contributed by atoms with Gasteiger partial charge in [-0.1, -0.05) is 30.3 Å². The maximum atomic E-state index is 13.2. The second-order valence-electron chi connectivity index (χ2n) is 6.74. The molecule has 4 nitrogen and oxygen atoms in total. The summed E-state index contributed by atoms with van der Waals surface area (Å²) in [5.74, 6) is -0.301. The van der Waals surface area contributed by atoms with Gasteiger partial charge in [-0.3, -0.25) is 9.59 Å². The van der Waals surface area contributed by atoms with E-state index in [1.807, 2.05) is 69.3 Å². The van der Waals surface area contributed by atoms with E-state index in [-0.39, 0.29) is 11.8 Å². The molecule has 3 rings (SSSR count). The van der Waals surface area contributed by atoms with Crippen LogP contribution in [0.15, 0.2) is 48.5 Å². The fraction of sp³-hybridized carbons (Fsp3) is 0.333. The van der Waals surface area contributed by atoms with Crippen LogP contribution in [-0.4, -0.2) is 18.4 Å². The first-order chi connectivity index (χ1) is 12.0. The molecule has 0 saturated heterocycles. The van der Waals surface area contributed by atoms with Crippen LogP contribution in [-0.2, 0) is 9.59 Å². The van der Waals surface area contributed by atoms with Gasteiger partial charge in [0, 0.05) is 17.9 Å². The summed E-state index contributed by atoms with van der Waals surface area (Å²) in [5, 5.41) is 2.95. The Labute approximate surface area is 148 Å². The average molecular weight is 336 g/mol. The lowest BCUT2D eigenvalue weighted by atomic mass is 10.0. The van der Waals surface area contributed by atoms with E-state index in [9.17, 15) is 9.59 Å². The van der Waals surface area contributed by atoms with Crippen molar-refractivity contribution in [2.45, 2.75) is 33.6 Å². The van der Waals surface area contributed by atoms with Crippen LogP contribution in [0.3, 0.4) is 0 Å². The van der Waals surface area contributed by atoms with Gasteiger partial charge in [0.25, 0.3) is 0 Å². The third-order valence-electron chi connectivity index (χ3n) is 4.86. The first kappa shape index (κ1) is 17.2. The number of aryl methyl sites for hydroxylation is 2. The summed E-state index contributed by atoms with van der Waals surface area (Å²) in [5.41, 5.74) is 2.78. The highest BCUT2D eigenvalue weighted by Crippen LogP contribution is 2.49. The third-order valence-corrected chi connectivity index (χ3v) is 4.86. The van der Waals surface area contributed by atoms with Gasteiger partial charge in [0.2, 0.25) is 11.8 Å². The maximum Gasteiger partial charge on any atom is 0.242 e. The number of nitrogens with zero attached hydrogens (tertiary/aromatic N) is 1. The van der Waals surface area contributed by atoms with E-state index < -0.39 is 5.41 Å². The van der Waals surface area contributed by atoms with Gasteiger partial charge in [-0.15, -0.1) is 0 Å². The molecule has 2 aromatic carbocycles. The molecule has 25 heavy (non-hydrogen) atoms. The normalized spacial score (nSPS) is 14.7. The average Bonchev–Trinajstić information content (AvgIpc) is 3.39. The van der Waals surface area contributed by atoms with Gasteiger partial charge in [-0.25, -0.2) is 0 Å². The van der Waals surface area contributed by atoms with Gasteiger partial charge < -0.3 is 10.2 Å². The zero-order chi connectivity index (χ0) is 18.0. The van der Waals surface area contributed by atoms with Crippen molar-refractivity contribution in [3.05, 3.63) is 59.7 Å². The van der Waals surface area contributed by atoms with Gasteiger partial charge in [0.05, 0.1) is 0 Å². The van der Waals surface area contributed by atoms with Gasteiger partial charge in [0.1, 0.15) is 5.41 Å². The van der Waals surface area contributed by atoms with Gasteiger partial charge in [-0.05, 0) is 62.9 Å². The summed E-state index contributed by atoms with van der Waals surface area (Å²) < 4.78 is 0. The van der Waals surface area contributed by atoms with Crippen LogP contribution in [0.2, 0.25) is 0 Å². The summed E-state index contributed by atoms with van der Waals surface area (Å²) in [6.45, 7) is 6.43. The van der Waals surface area contributed by atoms with E-state index in [1.54, 1.807) is 4.90 Å². The Balaban J connectivity index is 1.82. The monoisotopic (exact) mass is 336 g/mol. The van der Waals surface area contributed by atoms with Crippen molar-refractivity contribution in [3.8, 4) is 0 Å². The fourth-order valence-corrected chi connectivity index (χ4v) is 3.12. The van der Waals surface area contributed by atoms with E-state index in [2.05, 4.69) is 5.32 Å². The molecule has 0 aliphatic heterocycles. The summed E-state index contributed by atoms with van der Waals surface area (Å²) in [4.78, 5) is 27.7. The lowest BCUT2D eigenvalue weighted by Crippen LogP contribution is -2.43. The van der Waals surface area contributed by atoms with Crippen molar-refractivity contribution in [2.75, 3.05) is 16.8 Å². The maximum absolute atomic E-state index is 13.2. The van der Waals surface area contributed by atoms with Crippen molar-refractivity contribution < 1.29 is 9.59 Å². The molecule has 1 fully saturated rings. The number of para-hydroxylation sites is 1. The van der Waals surface area contributed by atoms with Crippen LogP contribution in [0.25, 0.3) is 0 Å². The Morgan fingerprint density at radius 1 is 1.08 bits per heavy atom. The number of rotatable bonds is 5. The Morgan fingerprint density at radius 2 is 1.80 bits per heavy atom. The van der Waals surface area contributed by atoms with Crippen molar-refractivity contribution in [3.63, 3.8) is 0 Å². The van der Waals surface area contributed by atoms with Gasteiger partial charge >= 0.3 is 0 Å². The molecule has 0 spiro atoms. The van der Waals surface area contributed by atoms with Crippen LogP contribution >= 0.6 is 0 Å². The Morgan fingerprint density at radius 3 is 2.40 bits per heavy atom. The molecule has 1 aliphatic carbocycles. The zero-order valence-corrected chi connectivity index (χ0v) is 15.0. The number of hydrogen-bond donors (Lipinski definition) is 1. The minimum absolute atomic E-state index is 0.105. The number of benzene rings is 2. The van der Waals surface area contributed by atoms with Crippen LogP contribution in [0.1, 0.15) is 30.9 Å². The van der Waals surface area contributed by atoms with E-state index >= 15 is 0 Å². The Kier molecular flexibility index (Phi) is 4.62. The largest absolute Gasteiger partial charge is 0.325 e. The molecule has 0 atom stereocenters. The van der Waals surface area contributed by atoms with Crippen molar-refractivity contribution >= 4 is 23.2 Å². The number of nitrogens with one attached hydrogen (secondary N) is 1. The summed E-state index contributed by atoms with van der Waals surface area (Å²) in [6, 6.07) is 15.5. The second-order valence-corrected chi connectivity index (χ2v) is 6.74. The minimum atomic E-state index is -0.929. The summed E-state index contributed by atoms with van der Waals surface area (Å²) >= 11 is 0. The molecule has 4 heteroatoms. The van der Waals surface area contributed by atoms with E-state index in [1.165, 1.54) is 0 Å². The van der Waals surface area contributed by atoms with Crippen molar-refractivity contribution in [1.29, 1.82) is 0 Å². The predicted octanol–water partition coefficient (Wildman–Crippen LogP) is 4.08. The lowest BCUT2D eigenvalue weighted by Gasteiger charge is -2.26. The number of carbonyl (C=O) groups excluding carboxylic acids is 2. The van der Waals surface area contributed by atoms with E-state index in [4.69, 9.17) is 0 Å². The molecule has 0 aromatic heterocycles. The minimum Gasteiger partial charge on any atom is -0.325 e. The standard InChI is InChI=1S/C21H24N2O2/c1-4-23(17-10-7-8-15(2)14-17)20(25)21(12-13-21)19(24)22-18-11-6-5-9-16(18)3/h5-11,14H,4,12-13H2,1-3H3,(H,22,24). The number of amides is 2. The second kappa shape index (κ2) is 6.71. The summed E-state index contributed by atoms with van der Waals surface area (Å²) in [6.07, 6.45) is 1.21. The molecule has 1 N–H and O–H groups in total. The Hall–Kier alpha value is -2.62. The summed E-state index contributed by atoms with van der Waals surface area (Å²) in [7, 11) is 0. The van der Waals surface area contributed by atoms with Crippen molar-refractivity contribution in [2.24, 2.45) is 5.41 Å². The molecule has 1 saturated carbocycles. The molecule has 1 aliphatic rings. The fourth-order valence-electron chi connectivity index (χ4n) is 3.12. The van der Waals surface area contributed by atoms with Crippen LogP contribution in [0.4, 0.5) is 11.4 Å². The molecule has 2 amide bonds. The first-order valence-electron chi connectivity index (χ1n) is 8.73. The van der Waals surface area contributed by atoms with Gasteiger partial charge in [-0.2, -0.15) is 0 Å². The van der Waals surface area contributed by atoms with E-state index in [0.717, 1.165) is 22.5 Å². The molecule has 0 unspecified atom stereocenters. The van der Waals surface area contributed by atoms with Crippen LogP contribution < -0.4 is 10.2 Å². The number of carbonyl (C=O) groups is 2. The van der Waals surface area contributed by atoms with Gasteiger partial charge in [0.15, 0.2) is 0 Å². The SMILES string of the molecule is CCN(C(=O)C1(C(=O)Nc2ccccc2C)CC1)c1cccc(C)c1. The molecular formula is C21H24N2O2.